The molecule has 3 heterocycles. The molecule has 0 radical (unpaired) electrons. The van der Waals surface area contributed by atoms with Crippen molar-refractivity contribution in [1.29, 1.82) is 0 Å². The van der Waals surface area contributed by atoms with Crippen molar-refractivity contribution in [3.8, 4) is 0 Å². The summed E-state index contributed by atoms with van der Waals surface area (Å²) in [5.41, 5.74) is 1.87. The molecule has 30 heavy (non-hydrogen) atoms. The van der Waals surface area contributed by atoms with E-state index in [1.165, 1.54) is 0 Å². The van der Waals surface area contributed by atoms with Crippen molar-refractivity contribution in [2.45, 2.75) is 19.5 Å². The smallest absolute Gasteiger partial charge is 0.291 e. The Balaban J connectivity index is 1.76. The third kappa shape index (κ3) is 2.93. The van der Waals surface area contributed by atoms with Crippen LogP contribution in [0.4, 0.5) is 0 Å². The lowest BCUT2D eigenvalue weighted by Crippen LogP contribution is -2.29. The zero-order chi connectivity index (χ0) is 21.0. The van der Waals surface area contributed by atoms with E-state index in [2.05, 4.69) is 0 Å². The predicted octanol–water partition coefficient (Wildman–Crippen LogP) is 5.75. The summed E-state index contributed by atoms with van der Waals surface area (Å²) in [4.78, 5) is 28.4. The third-order valence-electron chi connectivity index (χ3n) is 5.34. The SMILES string of the molecule is Cc1cc2oc3c(c(=O)c2cc1Cl)C(c1ccc(Cl)cc1)N(Cc1ccco1)C3=O. The Hall–Kier alpha value is -3.02. The molecule has 1 aliphatic rings. The number of fused-ring (bicyclic) bond motifs is 2. The van der Waals surface area contributed by atoms with Crippen LogP contribution >= 0.6 is 23.2 Å². The third-order valence-corrected chi connectivity index (χ3v) is 6.00. The highest BCUT2D eigenvalue weighted by atomic mass is 35.5. The first-order valence-corrected chi connectivity index (χ1v) is 10.1. The van der Waals surface area contributed by atoms with Gasteiger partial charge in [0.25, 0.3) is 5.91 Å². The normalized spacial score (nSPS) is 15.8. The molecule has 150 valence electrons. The van der Waals surface area contributed by atoms with Gasteiger partial charge in [0.1, 0.15) is 11.3 Å². The first kappa shape index (κ1) is 19.0. The number of furan rings is 1. The molecule has 4 aromatic rings. The zero-order valence-electron chi connectivity index (χ0n) is 15.8. The summed E-state index contributed by atoms with van der Waals surface area (Å²) in [5, 5.41) is 1.37. The van der Waals surface area contributed by atoms with Crippen molar-refractivity contribution in [3.63, 3.8) is 0 Å². The van der Waals surface area contributed by atoms with Crippen LogP contribution in [0.5, 0.6) is 0 Å². The number of carbonyl (C=O) groups excluding carboxylic acids is 1. The second kappa shape index (κ2) is 7.04. The molecule has 0 fully saturated rings. The number of rotatable bonds is 3. The minimum atomic E-state index is -0.629. The number of aryl methyl sites for hydroxylation is 1. The Morgan fingerprint density at radius 1 is 1.07 bits per heavy atom. The molecular formula is C23H15Cl2NO4. The lowest BCUT2D eigenvalue weighted by Gasteiger charge is -2.24. The molecular weight excluding hydrogens is 425 g/mol. The lowest BCUT2D eigenvalue weighted by atomic mass is 9.98. The molecule has 1 aliphatic heterocycles. The fourth-order valence-corrected chi connectivity index (χ4v) is 4.16. The van der Waals surface area contributed by atoms with E-state index >= 15 is 0 Å². The number of hydrogen-bond acceptors (Lipinski definition) is 4. The Bertz CT molecular complexity index is 1340. The fraction of sp³-hybridized carbons (Fsp3) is 0.130. The van der Waals surface area contributed by atoms with Crippen LogP contribution in [0, 0.1) is 6.92 Å². The maximum atomic E-state index is 13.5. The van der Waals surface area contributed by atoms with Crippen molar-refractivity contribution >= 4 is 40.1 Å². The van der Waals surface area contributed by atoms with Crippen molar-refractivity contribution < 1.29 is 13.6 Å². The number of benzene rings is 2. The van der Waals surface area contributed by atoms with Gasteiger partial charge in [0.2, 0.25) is 5.76 Å². The predicted molar refractivity (Wildman–Crippen MR) is 114 cm³/mol. The van der Waals surface area contributed by atoms with E-state index in [1.807, 2.05) is 6.92 Å². The molecule has 0 saturated heterocycles. The quantitative estimate of drug-likeness (QED) is 0.407. The molecule has 0 bridgehead atoms. The second-order valence-electron chi connectivity index (χ2n) is 7.24. The van der Waals surface area contributed by atoms with Gasteiger partial charge in [0, 0.05) is 10.0 Å². The first-order chi connectivity index (χ1) is 14.4. The Morgan fingerprint density at radius 2 is 1.83 bits per heavy atom. The van der Waals surface area contributed by atoms with E-state index in [-0.39, 0.29) is 23.6 Å². The largest absolute Gasteiger partial charge is 0.467 e. The van der Waals surface area contributed by atoms with Crippen molar-refractivity contribution in [1.82, 2.24) is 4.90 Å². The monoisotopic (exact) mass is 439 g/mol. The standard InChI is InChI=1S/C23H15Cl2NO4/c1-12-9-18-16(10-17(12)25)21(27)19-20(13-4-6-14(24)7-5-13)26(23(28)22(19)30-18)11-15-3-2-8-29-15/h2-10,20H,11H2,1H3. The van der Waals surface area contributed by atoms with E-state index in [9.17, 15) is 9.59 Å². The van der Waals surface area contributed by atoms with Gasteiger partial charge in [-0.3, -0.25) is 9.59 Å². The molecule has 1 unspecified atom stereocenters. The number of hydrogen-bond donors (Lipinski definition) is 0. The van der Waals surface area contributed by atoms with Gasteiger partial charge >= 0.3 is 0 Å². The van der Waals surface area contributed by atoms with E-state index in [0.29, 0.717) is 32.3 Å². The molecule has 5 rings (SSSR count). The summed E-state index contributed by atoms with van der Waals surface area (Å²) in [5.74, 6) is 0.277. The van der Waals surface area contributed by atoms with Gasteiger partial charge in [0.05, 0.1) is 29.8 Å². The number of carbonyl (C=O) groups is 1. The molecule has 2 aromatic heterocycles. The molecule has 0 N–H and O–H groups in total. The van der Waals surface area contributed by atoms with Gasteiger partial charge in [-0.1, -0.05) is 35.3 Å². The summed E-state index contributed by atoms with van der Waals surface area (Å²) >= 11 is 12.3. The van der Waals surface area contributed by atoms with Crippen LogP contribution in [0.15, 0.2) is 68.4 Å². The van der Waals surface area contributed by atoms with Crippen molar-refractivity contribution in [2.24, 2.45) is 0 Å². The molecule has 0 spiro atoms. The van der Waals surface area contributed by atoms with Gasteiger partial charge in [-0.2, -0.15) is 0 Å². The summed E-state index contributed by atoms with van der Waals surface area (Å²) in [7, 11) is 0. The van der Waals surface area contributed by atoms with E-state index in [1.54, 1.807) is 59.7 Å². The van der Waals surface area contributed by atoms with E-state index in [4.69, 9.17) is 32.0 Å². The molecule has 7 heteroatoms. The summed E-state index contributed by atoms with van der Waals surface area (Å²) in [6.45, 7) is 2.01. The minimum Gasteiger partial charge on any atom is -0.467 e. The maximum absolute atomic E-state index is 13.5. The maximum Gasteiger partial charge on any atom is 0.291 e. The molecule has 2 aromatic carbocycles. The van der Waals surface area contributed by atoms with Crippen LogP contribution in [-0.4, -0.2) is 10.8 Å². The molecule has 1 atom stereocenters. The molecule has 0 aliphatic carbocycles. The Kier molecular flexibility index (Phi) is 4.45. The topological polar surface area (TPSA) is 63.7 Å². The van der Waals surface area contributed by atoms with Crippen LogP contribution in [-0.2, 0) is 6.54 Å². The zero-order valence-corrected chi connectivity index (χ0v) is 17.3. The molecule has 5 nitrogen and oxygen atoms in total. The van der Waals surface area contributed by atoms with Crippen molar-refractivity contribution in [2.75, 3.05) is 0 Å². The number of halogens is 2. The molecule has 1 amide bonds. The highest BCUT2D eigenvalue weighted by Gasteiger charge is 2.43. The second-order valence-corrected chi connectivity index (χ2v) is 8.08. The average molecular weight is 440 g/mol. The fourth-order valence-electron chi connectivity index (χ4n) is 3.87. The van der Waals surface area contributed by atoms with Crippen LogP contribution in [0.25, 0.3) is 11.0 Å². The van der Waals surface area contributed by atoms with Crippen LogP contribution in [0.3, 0.4) is 0 Å². The molecule has 0 saturated carbocycles. The summed E-state index contributed by atoms with van der Waals surface area (Å²) in [6.07, 6.45) is 1.54. The van der Waals surface area contributed by atoms with Gasteiger partial charge < -0.3 is 13.7 Å². The van der Waals surface area contributed by atoms with Gasteiger partial charge in [-0.05, 0) is 54.4 Å². The minimum absolute atomic E-state index is 0.0423. The van der Waals surface area contributed by atoms with Gasteiger partial charge in [0.15, 0.2) is 5.43 Å². The summed E-state index contributed by atoms with van der Waals surface area (Å²) in [6, 6.07) is 13.2. The van der Waals surface area contributed by atoms with Gasteiger partial charge in [-0.15, -0.1) is 0 Å². The highest BCUT2D eigenvalue weighted by Crippen LogP contribution is 2.39. The lowest BCUT2D eigenvalue weighted by molar-refractivity contribution is 0.0701. The van der Waals surface area contributed by atoms with Crippen molar-refractivity contribution in [3.05, 3.63) is 103 Å². The first-order valence-electron chi connectivity index (χ1n) is 9.29. The number of amides is 1. The van der Waals surface area contributed by atoms with Crippen LogP contribution in [0.1, 0.15) is 39.0 Å². The van der Waals surface area contributed by atoms with E-state index in [0.717, 1.165) is 11.1 Å². The van der Waals surface area contributed by atoms with E-state index < -0.39 is 6.04 Å². The van der Waals surface area contributed by atoms with Crippen LogP contribution < -0.4 is 5.43 Å². The highest BCUT2D eigenvalue weighted by molar-refractivity contribution is 6.32. The Morgan fingerprint density at radius 3 is 2.53 bits per heavy atom. The number of nitrogens with zero attached hydrogens (tertiary/aromatic N) is 1. The van der Waals surface area contributed by atoms with Crippen LogP contribution in [0.2, 0.25) is 10.0 Å². The van der Waals surface area contributed by atoms with Gasteiger partial charge in [-0.25, -0.2) is 0 Å². The average Bonchev–Trinajstić information content (AvgIpc) is 3.33. The summed E-state index contributed by atoms with van der Waals surface area (Å²) < 4.78 is 11.4. The Labute approximate surface area is 181 Å².